The molecule has 1 fully saturated rings. The summed E-state index contributed by atoms with van der Waals surface area (Å²) < 4.78 is 28.4. The number of aromatic nitrogens is 2. The number of H-pyrrole nitrogens is 1. The predicted molar refractivity (Wildman–Crippen MR) is 94.6 cm³/mol. The summed E-state index contributed by atoms with van der Waals surface area (Å²) in [6.07, 6.45) is 2.09. The standard InChI is InChI=1S/C19H18F2N4O/c1-25-6-2-3-16(25)10-4-5-12(14(21)7-10)19-23-15-9-11(20)8-13(18(22)26)17(15)24-19/h4-5,7-9,16H,2-3,6H2,1H3,(H2,22,26)(H,23,24). The quantitative estimate of drug-likeness (QED) is 0.755. The number of hydrogen-bond acceptors (Lipinski definition) is 3. The van der Waals surface area contributed by atoms with Gasteiger partial charge in [0.15, 0.2) is 0 Å². The van der Waals surface area contributed by atoms with Gasteiger partial charge in [0.2, 0.25) is 0 Å². The molecule has 1 aromatic heterocycles. The third-order valence-electron chi connectivity index (χ3n) is 4.97. The van der Waals surface area contributed by atoms with E-state index in [0.717, 1.165) is 31.0 Å². The first kappa shape index (κ1) is 16.7. The van der Waals surface area contributed by atoms with Crippen molar-refractivity contribution in [1.29, 1.82) is 0 Å². The Balaban J connectivity index is 1.78. The second kappa shape index (κ2) is 6.17. The largest absolute Gasteiger partial charge is 0.366 e. The molecule has 2 aromatic carbocycles. The van der Waals surface area contributed by atoms with Gasteiger partial charge in [-0.3, -0.25) is 9.69 Å². The van der Waals surface area contributed by atoms with E-state index in [-0.39, 0.29) is 28.5 Å². The van der Waals surface area contributed by atoms with Crippen molar-refractivity contribution < 1.29 is 13.6 Å². The van der Waals surface area contributed by atoms with Crippen LogP contribution in [0, 0.1) is 11.6 Å². The monoisotopic (exact) mass is 356 g/mol. The van der Waals surface area contributed by atoms with Crippen LogP contribution in [0.2, 0.25) is 0 Å². The molecular weight excluding hydrogens is 338 g/mol. The first-order valence-corrected chi connectivity index (χ1v) is 8.43. The molecule has 4 rings (SSSR count). The number of benzene rings is 2. The number of imidazole rings is 1. The van der Waals surface area contributed by atoms with Crippen LogP contribution < -0.4 is 5.73 Å². The van der Waals surface area contributed by atoms with Crippen LogP contribution >= 0.6 is 0 Å². The average molecular weight is 356 g/mol. The lowest BCUT2D eigenvalue weighted by atomic mass is 10.0. The topological polar surface area (TPSA) is 75.0 Å². The Kier molecular flexibility index (Phi) is 3.96. The van der Waals surface area contributed by atoms with Crippen LogP contribution in [0.3, 0.4) is 0 Å². The van der Waals surface area contributed by atoms with E-state index in [2.05, 4.69) is 14.9 Å². The smallest absolute Gasteiger partial charge is 0.251 e. The fourth-order valence-corrected chi connectivity index (χ4v) is 3.66. The molecule has 1 atom stereocenters. The van der Waals surface area contributed by atoms with Crippen LogP contribution in [0.1, 0.15) is 34.8 Å². The Morgan fingerprint density at radius 3 is 2.77 bits per heavy atom. The van der Waals surface area contributed by atoms with Crippen LogP contribution in [0.15, 0.2) is 30.3 Å². The van der Waals surface area contributed by atoms with Crippen molar-refractivity contribution in [3.8, 4) is 11.4 Å². The van der Waals surface area contributed by atoms with Gasteiger partial charge in [0.1, 0.15) is 23.0 Å². The highest BCUT2D eigenvalue weighted by Crippen LogP contribution is 2.33. The van der Waals surface area contributed by atoms with Gasteiger partial charge < -0.3 is 10.7 Å². The highest BCUT2D eigenvalue weighted by Gasteiger charge is 2.24. The highest BCUT2D eigenvalue weighted by atomic mass is 19.1. The Labute approximate surface area is 148 Å². The van der Waals surface area contributed by atoms with E-state index in [4.69, 9.17) is 5.73 Å². The maximum Gasteiger partial charge on any atom is 0.251 e. The van der Waals surface area contributed by atoms with Gasteiger partial charge in [-0.15, -0.1) is 0 Å². The van der Waals surface area contributed by atoms with Gasteiger partial charge in [-0.1, -0.05) is 6.07 Å². The van der Waals surface area contributed by atoms with Crippen molar-refractivity contribution in [1.82, 2.24) is 14.9 Å². The lowest BCUT2D eigenvalue weighted by Crippen LogP contribution is -2.17. The SMILES string of the molecule is CN1CCCC1c1ccc(-c2nc3c(C(N)=O)cc(F)cc3[nH]2)c(F)c1. The van der Waals surface area contributed by atoms with Crippen LogP contribution in [0.5, 0.6) is 0 Å². The molecule has 0 bridgehead atoms. The van der Waals surface area contributed by atoms with Gasteiger partial charge in [-0.05, 0) is 56.3 Å². The molecule has 7 heteroatoms. The number of nitrogens with two attached hydrogens (primary N) is 1. The van der Waals surface area contributed by atoms with E-state index >= 15 is 0 Å². The molecule has 0 aliphatic carbocycles. The Bertz CT molecular complexity index is 1010. The Morgan fingerprint density at radius 1 is 1.31 bits per heavy atom. The van der Waals surface area contributed by atoms with Crippen molar-refractivity contribution in [3.63, 3.8) is 0 Å². The van der Waals surface area contributed by atoms with E-state index in [1.807, 2.05) is 13.1 Å². The van der Waals surface area contributed by atoms with Crippen LogP contribution in [0.4, 0.5) is 8.78 Å². The van der Waals surface area contributed by atoms with E-state index in [9.17, 15) is 13.6 Å². The van der Waals surface area contributed by atoms with E-state index in [1.54, 1.807) is 6.07 Å². The van der Waals surface area contributed by atoms with Crippen molar-refractivity contribution in [2.45, 2.75) is 18.9 Å². The maximum absolute atomic E-state index is 14.7. The van der Waals surface area contributed by atoms with E-state index in [1.165, 1.54) is 12.1 Å². The molecule has 1 aliphatic rings. The minimum atomic E-state index is -0.785. The molecule has 1 amide bonds. The molecule has 26 heavy (non-hydrogen) atoms. The molecular formula is C19H18F2N4O. The molecule has 3 N–H and O–H groups in total. The third kappa shape index (κ3) is 2.74. The van der Waals surface area contributed by atoms with Crippen LogP contribution in [-0.4, -0.2) is 34.4 Å². The normalized spacial score (nSPS) is 17.9. The zero-order valence-electron chi connectivity index (χ0n) is 14.2. The molecule has 3 aromatic rings. The van der Waals surface area contributed by atoms with Gasteiger partial charge in [0.05, 0.1) is 16.6 Å². The summed E-state index contributed by atoms with van der Waals surface area (Å²) in [7, 11) is 2.03. The van der Waals surface area contributed by atoms with Crippen molar-refractivity contribution in [2.24, 2.45) is 5.73 Å². The number of halogens is 2. The van der Waals surface area contributed by atoms with Gasteiger partial charge in [-0.25, -0.2) is 13.8 Å². The van der Waals surface area contributed by atoms with Crippen LogP contribution in [-0.2, 0) is 0 Å². The van der Waals surface area contributed by atoms with Crippen molar-refractivity contribution in [2.75, 3.05) is 13.6 Å². The number of likely N-dealkylation sites (tertiary alicyclic amines) is 1. The molecule has 0 spiro atoms. The molecule has 1 unspecified atom stereocenters. The predicted octanol–water partition coefficient (Wildman–Crippen LogP) is 3.37. The summed E-state index contributed by atoms with van der Waals surface area (Å²) in [4.78, 5) is 20.9. The van der Waals surface area contributed by atoms with E-state index in [0.29, 0.717) is 5.52 Å². The molecule has 0 saturated carbocycles. The fraction of sp³-hybridized carbons (Fsp3) is 0.263. The van der Waals surface area contributed by atoms with Gasteiger partial charge >= 0.3 is 0 Å². The minimum Gasteiger partial charge on any atom is -0.366 e. The molecule has 134 valence electrons. The lowest BCUT2D eigenvalue weighted by Gasteiger charge is -2.20. The number of rotatable bonds is 3. The number of aromatic amines is 1. The zero-order chi connectivity index (χ0) is 18.4. The lowest BCUT2D eigenvalue weighted by molar-refractivity contribution is 0.100. The molecule has 1 saturated heterocycles. The number of hydrogen-bond donors (Lipinski definition) is 2. The molecule has 0 radical (unpaired) electrons. The first-order chi connectivity index (χ1) is 12.4. The third-order valence-corrected chi connectivity index (χ3v) is 4.97. The van der Waals surface area contributed by atoms with Crippen LogP contribution in [0.25, 0.3) is 22.4 Å². The first-order valence-electron chi connectivity index (χ1n) is 8.43. The summed E-state index contributed by atoms with van der Waals surface area (Å²) in [6, 6.07) is 7.51. The number of nitrogens with zero attached hydrogens (tertiary/aromatic N) is 2. The highest BCUT2D eigenvalue weighted by molar-refractivity contribution is 6.04. The van der Waals surface area contributed by atoms with Crippen molar-refractivity contribution in [3.05, 3.63) is 53.1 Å². The molecule has 1 aliphatic heterocycles. The number of fused-ring (bicyclic) bond motifs is 1. The maximum atomic E-state index is 14.7. The second-order valence-electron chi connectivity index (χ2n) is 6.68. The van der Waals surface area contributed by atoms with Crippen molar-refractivity contribution >= 4 is 16.9 Å². The van der Waals surface area contributed by atoms with Gasteiger partial charge in [-0.2, -0.15) is 0 Å². The van der Waals surface area contributed by atoms with E-state index < -0.39 is 17.5 Å². The number of carbonyl (C=O) groups is 1. The minimum absolute atomic E-state index is 0.0351. The summed E-state index contributed by atoms with van der Waals surface area (Å²) in [5.74, 6) is -1.57. The van der Waals surface area contributed by atoms with Gasteiger partial charge in [0.25, 0.3) is 5.91 Å². The zero-order valence-corrected chi connectivity index (χ0v) is 14.2. The number of amides is 1. The van der Waals surface area contributed by atoms with Gasteiger partial charge in [0, 0.05) is 6.04 Å². The second-order valence-corrected chi connectivity index (χ2v) is 6.68. The number of carbonyl (C=O) groups excluding carboxylic acids is 1. The summed E-state index contributed by atoms with van der Waals surface area (Å²) in [5, 5.41) is 0. The fourth-order valence-electron chi connectivity index (χ4n) is 3.66. The molecule has 2 heterocycles. The number of primary amides is 1. The number of nitrogens with one attached hydrogen (secondary N) is 1. The summed E-state index contributed by atoms with van der Waals surface area (Å²) in [6.45, 7) is 0.999. The summed E-state index contributed by atoms with van der Waals surface area (Å²) in [5.41, 5.74) is 6.97. The summed E-state index contributed by atoms with van der Waals surface area (Å²) >= 11 is 0. The Hall–Kier alpha value is -2.80. The average Bonchev–Trinajstić information content (AvgIpc) is 3.19. The Morgan fingerprint density at radius 2 is 2.12 bits per heavy atom. The molecule has 5 nitrogen and oxygen atoms in total.